The first-order valence-electron chi connectivity index (χ1n) is 12.9. The van der Waals surface area contributed by atoms with E-state index < -0.39 is 57.2 Å². The second kappa shape index (κ2) is 10.3. The number of aryl methyl sites for hydroxylation is 1. The number of amides is 3. The highest BCUT2D eigenvalue weighted by atomic mass is 32.2. The van der Waals surface area contributed by atoms with Crippen LogP contribution in [0.1, 0.15) is 62.1 Å². The number of nitrogens with zero attached hydrogens (tertiary/aromatic N) is 2. The third kappa shape index (κ3) is 6.74. The smallest absolute Gasteiger partial charge is 0.328 e. The van der Waals surface area contributed by atoms with E-state index in [0.717, 1.165) is 19.3 Å². The van der Waals surface area contributed by atoms with E-state index in [0.29, 0.717) is 12.8 Å². The van der Waals surface area contributed by atoms with Gasteiger partial charge in [0.2, 0.25) is 0 Å². The molecule has 0 spiro atoms. The van der Waals surface area contributed by atoms with Crippen LogP contribution >= 0.6 is 0 Å². The van der Waals surface area contributed by atoms with Gasteiger partial charge in [0.15, 0.2) is 0 Å². The number of urea groups is 1. The lowest BCUT2D eigenvalue weighted by molar-refractivity contribution is 0.0948. The topological polar surface area (TPSA) is 130 Å². The predicted octanol–water partition coefficient (Wildman–Crippen LogP) is 2.08. The number of nitrogens with one attached hydrogen (secondary N) is 3. The van der Waals surface area contributed by atoms with E-state index in [1.807, 2.05) is 0 Å². The second-order valence-corrected chi connectivity index (χ2v) is 8.73. The molecule has 2 aromatic rings. The Labute approximate surface area is 190 Å². The largest absolute Gasteiger partial charge is 0.350 e. The highest BCUT2D eigenvalue weighted by molar-refractivity contribution is 7.90. The molecule has 0 unspecified atom stereocenters. The summed E-state index contributed by atoms with van der Waals surface area (Å²) in [4.78, 5) is 31.1. The van der Waals surface area contributed by atoms with Crippen LogP contribution in [0, 0.1) is 6.92 Å². The molecule has 3 N–H and O–H groups in total. The molecule has 9 nitrogen and oxygen atoms in total. The van der Waals surface area contributed by atoms with Crippen molar-refractivity contribution >= 4 is 22.0 Å². The van der Waals surface area contributed by atoms with Crippen LogP contribution in [0.25, 0.3) is 0 Å². The van der Waals surface area contributed by atoms with Gasteiger partial charge in [-0.15, -0.1) is 0 Å². The molecule has 0 bridgehead atoms. The highest BCUT2D eigenvalue weighted by Gasteiger charge is 2.21. The number of carbonyl (C=O) groups is 2. The molecule has 1 saturated carbocycles. The van der Waals surface area contributed by atoms with E-state index >= 15 is 0 Å². The Balaban J connectivity index is 1.75. The number of hydrogen-bond acceptors (Lipinski definition) is 6. The molecule has 1 aromatic carbocycles. The SMILES string of the molecule is [2H]c1nc(C(=O)NCCc2c([2H])c([2H])c(S(=O)(=O)NC(=O)NC3CCCCC3)c([2H])c2[2H])c([2H])nc1C. The molecular formula is C21H27N5O4S. The van der Waals surface area contributed by atoms with Crippen molar-refractivity contribution in [3.05, 3.63) is 53.5 Å². The van der Waals surface area contributed by atoms with E-state index in [1.54, 1.807) is 4.72 Å². The summed E-state index contributed by atoms with van der Waals surface area (Å²) in [7, 11) is -4.72. The van der Waals surface area contributed by atoms with Gasteiger partial charge in [-0.1, -0.05) is 31.3 Å². The number of hydrogen-bond donors (Lipinski definition) is 3. The Kier molecular flexibility index (Phi) is 5.25. The molecule has 1 heterocycles. The fraction of sp³-hybridized carbons (Fsp3) is 0.429. The minimum absolute atomic E-state index is 0.150. The lowest BCUT2D eigenvalue weighted by atomic mass is 9.96. The molecule has 31 heavy (non-hydrogen) atoms. The van der Waals surface area contributed by atoms with Crippen LogP contribution in [-0.2, 0) is 16.4 Å². The molecule has 1 fully saturated rings. The van der Waals surface area contributed by atoms with Crippen molar-refractivity contribution in [2.24, 2.45) is 0 Å². The molecule has 0 radical (unpaired) electrons. The van der Waals surface area contributed by atoms with Gasteiger partial charge in [-0.25, -0.2) is 22.9 Å². The van der Waals surface area contributed by atoms with Crippen LogP contribution in [0.4, 0.5) is 4.79 Å². The summed E-state index contributed by atoms with van der Waals surface area (Å²) in [5.74, 6) is -0.811. The maximum absolute atomic E-state index is 12.8. The zero-order chi connectivity index (χ0) is 27.5. The van der Waals surface area contributed by atoms with Crippen LogP contribution in [0.3, 0.4) is 0 Å². The Bertz CT molecular complexity index is 1310. The van der Waals surface area contributed by atoms with Crippen molar-refractivity contribution in [2.75, 3.05) is 6.54 Å². The van der Waals surface area contributed by atoms with Gasteiger partial charge in [0.1, 0.15) is 5.69 Å². The van der Waals surface area contributed by atoms with Crippen LogP contribution < -0.4 is 15.4 Å². The molecule has 3 amide bonds. The van der Waals surface area contributed by atoms with Crippen molar-refractivity contribution in [3.63, 3.8) is 0 Å². The molecule has 3 rings (SSSR count). The summed E-state index contributed by atoms with van der Waals surface area (Å²) in [6.07, 6.45) is 3.39. The Morgan fingerprint density at radius 2 is 1.81 bits per heavy atom. The molecular weight excluding hydrogens is 418 g/mol. The number of aromatic nitrogens is 2. The summed E-state index contributed by atoms with van der Waals surface area (Å²) < 4.78 is 75.5. The van der Waals surface area contributed by atoms with E-state index in [9.17, 15) is 18.0 Å². The predicted molar refractivity (Wildman–Crippen MR) is 115 cm³/mol. The van der Waals surface area contributed by atoms with Gasteiger partial charge in [-0.05, 0) is 43.8 Å². The molecule has 10 heteroatoms. The van der Waals surface area contributed by atoms with Gasteiger partial charge in [-0.3, -0.25) is 9.78 Å². The lowest BCUT2D eigenvalue weighted by Crippen LogP contribution is -2.45. The van der Waals surface area contributed by atoms with E-state index in [4.69, 9.17) is 8.22 Å². The minimum Gasteiger partial charge on any atom is -0.350 e. The van der Waals surface area contributed by atoms with Crippen LogP contribution in [0.5, 0.6) is 0 Å². The molecule has 0 aliphatic heterocycles. The summed E-state index contributed by atoms with van der Waals surface area (Å²) in [5, 5.41) is 4.99. The van der Waals surface area contributed by atoms with E-state index in [-0.39, 0.29) is 42.1 Å². The fourth-order valence-corrected chi connectivity index (χ4v) is 3.81. The Morgan fingerprint density at radius 1 is 1.10 bits per heavy atom. The minimum atomic E-state index is -4.72. The zero-order valence-electron chi connectivity index (χ0n) is 23.0. The molecule has 1 aliphatic carbocycles. The van der Waals surface area contributed by atoms with Crippen molar-refractivity contribution < 1.29 is 26.2 Å². The first-order chi connectivity index (χ1) is 17.3. The number of rotatable bonds is 7. The Hall–Kier alpha value is -3.01. The number of carbonyl (C=O) groups excluding carboxylic acids is 2. The standard InChI is InChI=1S/C21H27N5O4S/c1-15-13-24-19(14-23-15)20(27)22-12-11-16-7-9-18(10-8-16)31(29,30)26-21(28)25-17-5-3-2-4-6-17/h7-10,13-14,17H,2-6,11-12H2,1H3,(H,22,27)(H2,25,26,28)/i7D,8D,9D,10D,13D,14D. The van der Waals surface area contributed by atoms with Gasteiger partial charge in [0.25, 0.3) is 15.9 Å². The molecule has 0 atom stereocenters. The van der Waals surface area contributed by atoms with E-state index in [2.05, 4.69) is 20.6 Å². The number of benzene rings is 1. The zero-order valence-corrected chi connectivity index (χ0v) is 17.8. The van der Waals surface area contributed by atoms with Gasteiger partial charge in [-0.2, -0.15) is 0 Å². The summed E-state index contributed by atoms with van der Waals surface area (Å²) in [6, 6.07) is -4.15. The van der Waals surface area contributed by atoms with Crippen molar-refractivity contribution in [1.82, 2.24) is 25.3 Å². The summed E-state index contributed by atoms with van der Waals surface area (Å²) >= 11 is 0. The highest BCUT2D eigenvalue weighted by Crippen LogP contribution is 2.17. The van der Waals surface area contributed by atoms with Gasteiger partial charge < -0.3 is 10.6 Å². The average Bonchev–Trinajstić information content (AvgIpc) is 2.82. The summed E-state index contributed by atoms with van der Waals surface area (Å²) in [6.45, 7) is 1.28. The first kappa shape index (κ1) is 15.7. The average molecular weight is 452 g/mol. The van der Waals surface area contributed by atoms with Gasteiger partial charge in [0.05, 0.1) is 25.0 Å². The summed E-state index contributed by atoms with van der Waals surface area (Å²) in [5.41, 5.74) is -0.349. The number of sulfonamides is 1. The normalized spacial score (nSPS) is 17.3. The molecule has 0 saturated heterocycles. The van der Waals surface area contributed by atoms with Crippen LogP contribution in [-0.4, -0.2) is 42.9 Å². The second-order valence-electron chi connectivity index (χ2n) is 7.11. The van der Waals surface area contributed by atoms with Crippen LogP contribution in [0.2, 0.25) is 0 Å². The first-order valence-corrected chi connectivity index (χ1v) is 11.3. The lowest BCUT2D eigenvalue weighted by Gasteiger charge is -2.22. The van der Waals surface area contributed by atoms with Crippen molar-refractivity contribution in [1.29, 1.82) is 0 Å². The molecule has 166 valence electrons. The van der Waals surface area contributed by atoms with Gasteiger partial charge >= 0.3 is 6.03 Å². The third-order valence-corrected chi connectivity index (χ3v) is 5.82. The van der Waals surface area contributed by atoms with Gasteiger partial charge in [0, 0.05) is 18.8 Å². The maximum Gasteiger partial charge on any atom is 0.328 e. The monoisotopic (exact) mass is 451 g/mol. The Morgan fingerprint density at radius 3 is 2.52 bits per heavy atom. The van der Waals surface area contributed by atoms with E-state index in [1.165, 1.54) is 6.92 Å². The fourth-order valence-electron chi connectivity index (χ4n) is 3.03. The quantitative estimate of drug-likeness (QED) is 0.591. The third-order valence-electron chi connectivity index (χ3n) is 4.62. The van der Waals surface area contributed by atoms with Crippen molar-refractivity contribution in [3.8, 4) is 0 Å². The van der Waals surface area contributed by atoms with Crippen LogP contribution in [0.15, 0.2) is 41.4 Å². The maximum atomic E-state index is 12.8. The molecule has 1 aromatic heterocycles. The molecule has 1 aliphatic rings. The van der Waals surface area contributed by atoms with Crippen molar-refractivity contribution in [2.45, 2.75) is 56.4 Å².